The topological polar surface area (TPSA) is 242 Å². The molecule has 7 heterocycles. The van der Waals surface area contributed by atoms with Crippen molar-refractivity contribution >= 4 is 65.4 Å². The Kier molecular flexibility index (Phi) is 11.3. The first kappa shape index (κ1) is 38.7. The van der Waals surface area contributed by atoms with Gasteiger partial charge in [-0.1, -0.05) is 0 Å². The second-order valence-corrected chi connectivity index (χ2v) is 18.7. The molecular formula is C34H46N14O4S2. The zero-order chi connectivity index (χ0) is 38.8. The Morgan fingerprint density at radius 3 is 1.78 bits per heavy atom. The first-order valence-electron chi connectivity index (χ1n) is 17.2. The van der Waals surface area contributed by atoms with Crippen LogP contribution < -0.4 is 21.3 Å². The molecule has 18 nitrogen and oxygen atoms in total. The number of aryl methyl sites for hydroxylation is 1. The summed E-state index contributed by atoms with van der Waals surface area (Å²) in [6.45, 7) is 9.91. The smallest absolute Gasteiger partial charge is 0.178 e. The summed E-state index contributed by atoms with van der Waals surface area (Å²) in [5.74, 6) is 4.01. The van der Waals surface area contributed by atoms with Crippen molar-refractivity contribution in [1.29, 1.82) is 0 Å². The molecule has 2 atom stereocenters. The highest BCUT2D eigenvalue weighted by molar-refractivity contribution is 7.92. The fraction of sp³-hybridized carbons (Fsp3) is 0.441. The molecule has 0 radical (unpaired) electrons. The lowest BCUT2D eigenvalue weighted by Crippen LogP contribution is -2.44. The molecule has 5 aromatic rings. The molecule has 2 saturated heterocycles. The van der Waals surface area contributed by atoms with E-state index in [1.54, 1.807) is 55.6 Å². The molecule has 2 aliphatic rings. The molecule has 2 aliphatic heterocycles. The van der Waals surface area contributed by atoms with E-state index in [-0.39, 0.29) is 17.9 Å². The lowest BCUT2D eigenvalue weighted by molar-refractivity contribution is 0.0985. The lowest BCUT2D eigenvalue weighted by atomic mass is 10.2. The molecule has 0 aliphatic carbocycles. The largest absolute Gasteiger partial charge is 0.395 e. The first-order chi connectivity index (χ1) is 25.5. The number of nitrogens with two attached hydrogens (primary N) is 2. The van der Waals surface area contributed by atoms with Crippen LogP contribution in [0.5, 0.6) is 0 Å². The molecule has 5 aromatic heterocycles. The van der Waals surface area contributed by atoms with Crippen molar-refractivity contribution in [2.45, 2.75) is 32.9 Å². The van der Waals surface area contributed by atoms with Gasteiger partial charge in [-0.15, -0.1) is 0 Å². The summed E-state index contributed by atoms with van der Waals surface area (Å²) in [4.78, 5) is 38.6. The van der Waals surface area contributed by atoms with Gasteiger partial charge in [0, 0.05) is 93.2 Å². The van der Waals surface area contributed by atoms with Gasteiger partial charge in [0.2, 0.25) is 0 Å². The summed E-state index contributed by atoms with van der Waals surface area (Å²) in [7, 11) is -4.75. The number of imidazole rings is 1. The zero-order valence-corrected chi connectivity index (χ0v) is 33.0. The average Bonchev–Trinajstić information content (AvgIpc) is 3.49. The highest BCUT2D eigenvalue weighted by atomic mass is 32.2. The number of aromatic amines is 1. The van der Waals surface area contributed by atoms with Gasteiger partial charge in [-0.05, 0) is 32.9 Å². The van der Waals surface area contributed by atoms with Gasteiger partial charge >= 0.3 is 0 Å². The molecule has 288 valence electrons. The van der Waals surface area contributed by atoms with Gasteiger partial charge in [0.15, 0.2) is 28.9 Å². The monoisotopic (exact) mass is 778 g/mol. The van der Waals surface area contributed by atoms with Crippen molar-refractivity contribution in [2.24, 2.45) is 8.73 Å². The number of hydrogen-bond acceptors (Lipinski definition) is 17. The third-order valence-electron chi connectivity index (χ3n) is 8.36. The second kappa shape index (κ2) is 15.7. The molecule has 54 heavy (non-hydrogen) atoms. The van der Waals surface area contributed by atoms with E-state index in [2.05, 4.69) is 67.3 Å². The minimum Gasteiger partial charge on any atom is -0.395 e. The number of fused-ring (bicyclic) bond motifs is 1. The van der Waals surface area contributed by atoms with Crippen LogP contribution in [0.25, 0.3) is 33.9 Å². The maximum atomic E-state index is 12.3. The maximum Gasteiger partial charge on any atom is 0.178 e. The summed E-state index contributed by atoms with van der Waals surface area (Å²) in [6.07, 6.45) is 9.54. The summed E-state index contributed by atoms with van der Waals surface area (Å²) >= 11 is 0. The normalized spacial score (nSPS) is 17.9. The Labute approximate surface area is 314 Å². The van der Waals surface area contributed by atoms with E-state index < -0.39 is 19.5 Å². The summed E-state index contributed by atoms with van der Waals surface area (Å²) in [6, 6.07) is 7.39. The minimum atomic E-state index is -2.38. The van der Waals surface area contributed by atoms with Crippen LogP contribution in [0.3, 0.4) is 0 Å². The van der Waals surface area contributed by atoms with Gasteiger partial charge in [0.1, 0.15) is 23.3 Å². The number of H-pyrrole nitrogens is 1. The third-order valence-corrected chi connectivity index (χ3v) is 9.62. The Balaban J connectivity index is 0.000000185. The van der Waals surface area contributed by atoms with Crippen molar-refractivity contribution in [3.63, 3.8) is 0 Å². The predicted octanol–water partition coefficient (Wildman–Crippen LogP) is 3.59. The van der Waals surface area contributed by atoms with Gasteiger partial charge in [-0.3, -0.25) is 0 Å². The number of hydrogen-bond donors (Lipinski definition) is 3. The molecule has 7 rings (SSSR count). The Hall–Kier alpha value is -5.05. The number of nitrogen functional groups attached to an aromatic ring is 2. The maximum absolute atomic E-state index is 12.3. The van der Waals surface area contributed by atoms with Crippen molar-refractivity contribution < 1.29 is 17.9 Å². The highest BCUT2D eigenvalue weighted by Gasteiger charge is 2.24. The number of aromatic nitrogens is 8. The summed E-state index contributed by atoms with van der Waals surface area (Å²) in [5, 5.41) is 0. The average molecular weight is 779 g/mol. The van der Waals surface area contributed by atoms with Gasteiger partial charge < -0.3 is 35.7 Å². The number of ether oxygens (including phenoxy) is 2. The van der Waals surface area contributed by atoms with Crippen LogP contribution in [0, 0.1) is 6.92 Å². The zero-order valence-electron chi connectivity index (χ0n) is 31.4. The van der Waals surface area contributed by atoms with E-state index in [1.165, 1.54) is 0 Å². The number of rotatable bonds is 6. The van der Waals surface area contributed by atoms with Crippen LogP contribution in [0.15, 0.2) is 45.4 Å². The summed E-state index contributed by atoms with van der Waals surface area (Å²) < 4.78 is 44.0. The van der Waals surface area contributed by atoms with Gasteiger partial charge in [-0.25, -0.2) is 43.3 Å². The van der Waals surface area contributed by atoms with Crippen LogP contribution in [-0.4, -0.2) is 125 Å². The first-order valence-corrected chi connectivity index (χ1v) is 21.8. The highest BCUT2D eigenvalue weighted by Crippen LogP contribution is 2.32. The number of nitrogens with zero attached hydrogens (tertiary/aromatic N) is 11. The van der Waals surface area contributed by atoms with Crippen molar-refractivity contribution in [3.05, 3.63) is 42.5 Å². The molecule has 5 N–H and O–H groups in total. The number of anilines is 4. The number of nitrogens with one attached hydrogen (secondary N) is 1. The van der Waals surface area contributed by atoms with E-state index in [4.69, 9.17) is 25.9 Å². The number of pyridine rings is 2. The van der Waals surface area contributed by atoms with Crippen LogP contribution in [0.2, 0.25) is 0 Å². The van der Waals surface area contributed by atoms with E-state index in [0.717, 1.165) is 29.3 Å². The molecule has 0 saturated carbocycles. The SMILES string of the molecule is C[C@@H]1COCCN1c1cc(N=S(C)(C)=O)nc(-c2ccnc(N)c2N)n1.Cc1nc2nccc(-c3nc(N=S(C)(C)=O)cc(N4CCOC[C@H]4C)n3)c2[nH]1. The molecule has 0 unspecified atom stereocenters. The molecule has 2 fully saturated rings. The Bertz CT molecular complexity index is 2410. The van der Waals surface area contributed by atoms with Gasteiger partial charge in [0.05, 0.1) is 49.7 Å². The van der Waals surface area contributed by atoms with Gasteiger partial charge in [0.25, 0.3) is 0 Å². The molecular weight excluding hydrogens is 733 g/mol. The summed E-state index contributed by atoms with van der Waals surface area (Å²) in [5.41, 5.74) is 14.9. The Morgan fingerprint density at radius 2 is 1.26 bits per heavy atom. The van der Waals surface area contributed by atoms with Crippen LogP contribution in [0.1, 0.15) is 19.7 Å². The fourth-order valence-corrected chi connectivity index (χ4v) is 7.04. The lowest BCUT2D eigenvalue weighted by Gasteiger charge is -2.34. The van der Waals surface area contributed by atoms with Crippen molar-refractivity contribution in [2.75, 3.05) is 85.8 Å². The number of morpholine rings is 2. The standard InChI is InChI=1S/C18H23N7O2S.C16H23N7O2S/c1-11-10-27-8-7-25(11)15-9-14(24-28(3,4)26)22-17(23-15)13-5-6-19-18-16(13)20-12(2)21-18;1-10-9-25-7-6-23(10)13-8-12(22-26(2,3)24)20-16(21-13)11-4-5-19-15(18)14(11)17/h5-6,9,11H,7-8,10H2,1-4H3,(H,19,20,21);4-5,8,10H,6-7,9,17H2,1-3H3,(H2,18,19)/t11-;10-/m11/s1. The van der Waals surface area contributed by atoms with E-state index in [9.17, 15) is 8.42 Å². The molecule has 20 heteroatoms. The molecule has 0 bridgehead atoms. The Morgan fingerprint density at radius 1 is 0.759 bits per heavy atom. The predicted molar refractivity (Wildman–Crippen MR) is 213 cm³/mol. The van der Waals surface area contributed by atoms with Gasteiger partial charge in [-0.2, -0.15) is 8.73 Å². The van der Waals surface area contributed by atoms with Crippen LogP contribution in [0.4, 0.5) is 34.8 Å². The van der Waals surface area contributed by atoms with Crippen LogP contribution >= 0.6 is 0 Å². The quantitative estimate of drug-likeness (QED) is 0.223. The minimum absolute atomic E-state index is 0.145. The van der Waals surface area contributed by atoms with E-state index in [0.29, 0.717) is 79.0 Å². The fourth-order valence-electron chi connectivity index (χ4n) is 5.96. The van der Waals surface area contributed by atoms with E-state index >= 15 is 0 Å². The van der Waals surface area contributed by atoms with Crippen molar-refractivity contribution in [1.82, 2.24) is 39.9 Å². The second-order valence-electron chi connectivity index (χ2n) is 13.6. The molecule has 0 amide bonds. The van der Waals surface area contributed by atoms with Crippen LogP contribution in [-0.2, 0) is 28.9 Å². The van der Waals surface area contributed by atoms with Crippen molar-refractivity contribution in [3.8, 4) is 22.8 Å². The molecule has 0 aromatic carbocycles. The molecule has 0 spiro atoms. The third kappa shape index (κ3) is 9.35. The van der Waals surface area contributed by atoms with E-state index in [1.807, 2.05) is 13.0 Å².